The molecule has 0 radical (unpaired) electrons. The zero-order valence-electron chi connectivity index (χ0n) is 11.3. The molecule has 0 aliphatic carbocycles. The monoisotopic (exact) mass is 439 g/mol. The second-order valence-electron chi connectivity index (χ2n) is 4.72. The molecule has 22 heavy (non-hydrogen) atoms. The van der Waals surface area contributed by atoms with Gasteiger partial charge in [-0.3, -0.25) is 0 Å². The van der Waals surface area contributed by atoms with E-state index in [1.807, 2.05) is 0 Å². The lowest BCUT2D eigenvalue weighted by Gasteiger charge is -2.29. The standard InChI is InChI=1S/C13H9Br2F2NO4/c1-13(2)21-11(19)5(12(20)22-13)4-18-10-7(16)3-6(14)9(17)8(10)15/h3-4,18H,1-2H3. The van der Waals surface area contributed by atoms with Gasteiger partial charge in [0.05, 0.1) is 14.6 Å². The quantitative estimate of drug-likeness (QED) is 0.250. The van der Waals surface area contributed by atoms with Crippen molar-refractivity contribution in [2.75, 3.05) is 5.32 Å². The molecule has 0 amide bonds. The maximum atomic E-state index is 13.8. The molecule has 0 unspecified atom stereocenters. The number of carbonyl (C=O) groups excluding carboxylic acids is 2. The van der Waals surface area contributed by atoms with Crippen molar-refractivity contribution in [3.05, 3.63) is 38.4 Å². The van der Waals surface area contributed by atoms with Crippen LogP contribution in [0.15, 0.2) is 26.8 Å². The van der Waals surface area contributed by atoms with Gasteiger partial charge in [0, 0.05) is 20.0 Å². The van der Waals surface area contributed by atoms with Crippen LogP contribution >= 0.6 is 31.9 Å². The summed E-state index contributed by atoms with van der Waals surface area (Å²) >= 11 is 5.74. The van der Waals surface area contributed by atoms with Gasteiger partial charge in [0.25, 0.3) is 5.79 Å². The second-order valence-corrected chi connectivity index (χ2v) is 6.37. The maximum Gasteiger partial charge on any atom is 0.350 e. The van der Waals surface area contributed by atoms with Gasteiger partial charge in [0.2, 0.25) is 0 Å². The molecule has 0 atom stereocenters. The first kappa shape index (κ1) is 16.9. The molecule has 9 heteroatoms. The number of cyclic esters (lactones) is 2. The Hall–Kier alpha value is -1.48. The Kier molecular flexibility index (Phi) is 4.57. The Morgan fingerprint density at radius 2 is 1.73 bits per heavy atom. The Bertz CT molecular complexity index is 682. The van der Waals surface area contributed by atoms with Crippen molar-refractivity contribution in [1.82, 2.24) is 0 Å². The van der Waals surface area contributed by atoms with Crippen molar-refractivity contribution < 1.29 is 27.8 Å². The lowest BCUT2D eigenvalue weighted by atomic mass is 10.2. The first-order valence-corrected chi connectivity index (χ1v) is 7.47. The van der Waals surface area contributed by atoms with Crippen LogP contribution in [0.5, 0.6) is 0 Å². The summed E-state index contributed by atoms with van der Waals surface area (Å²) in [6.07, 6.45) is 0.899. The number of hydrogen-bond acceptors (Lipinski definition) is 5. The van der Waals surface area contributed by atoms with Gasteiger partial charge in [-0.2, -0.15) is 0 Å². The minimum atomic E-state index is -1.37. The third-order valence-corrected chi connectivity index (χ3v) is 3.91. The van der Waals surface area contributed by atoms with Gasteiger partial charge >= 0.3 is 11.9 Å². The van der Waals surface area contributed by atoms with E-state index in [2.05, 4.69) is 37.2 Å². The van der Waals surface area contributed by atoms with Gasteiger partial charge in [-0.25, -0.2) is 18.4 Å². The van der Waals surface area contributed by atoms with Gasteiger partial charge in [-0.05, 0) is 37.9 Å². The summed E-state index contributed by atoms with van der Waals surface area (Å²) in [5.41, 5.74) is -0.743. The van der Waals surface area contributed by atoms with Crippen LogP contribution in [0, 0.1) is 11.6 Å². The maximum absolute atomic E-state index is 13.8. The molecule has 1 aromatic carbocycles. The molecule has 0 spiro atoms. The van der Waals surface area contributed by atoms with Crippen LogP contribution in [0.1, 0.15) is 13.8 Å². The predicted molar refractivity (Wildman–Crippen MR) is 79.7 cm³/mol. The number of esters is 2. The SMILES string of the molecule is CC1(C)OC(=O)C(=CNc2c(F)cc(Br)c(F)c2Br)C(=O)O1. The molecule has 0 aromatic heterocycles. The molecule has 2 rings (SSSR count). The van der Waals surface area contributed by atoms with E-state index >= 15 is 0 Å². The summed E-state index contributed by atoms with van der Waals surface area (Å²) in [6.45, 7) is 2.79. The number of halogens is 4. The van der Waals surface area contributed by atoms with Crippen molar-refractivity contribution in [3.8, 4) is 0 Å². The van der Waals surface area contributed by atoms with Crippen molar-refractivity contribution >= 4 is 49.5 Å². The van der Waals surface area contributed by atoms with E-state index in [4.69, 9.17) is 9.47 Å². The lowest BCUT2D eigenvalue weighted by molar-refractivity contribution is -0.222. The normalized spacial score (nSPS) is 16.9. The van der Waals surface area contributed by atoms with E-state index in [0.29, 0.717) is 0 Å². The summed E-state index contributed by atoms with van der Waals surface area (Å²) in [5, 5.41) is 2.36. The van der Waals surface area contributed by atoms with Crippen LogP contribution in [0.4, 0.5) is 14.5 Å². The molecule has 0 saturated carbocycles. The van der Waals surface area contributed by atoms with Gasteiger partial charge in [-0.1, -0.05) is 0 Å². The number of ether oxygens (including phenoxy) is 2. The third-order valence-electron chi connectivity index (χ3n) is 2.59. The Morgan fingerprint density at radius 3 is 2.27 bits per heavy atom. The average molecular weight is 441 g/mol. The molecular weight excluding hydrogens is 432 g/mol. The van der Waals surface area contributed by atoms with Crippen LogP contribution in [-0.4, -0.2) is 17.7 Å². The average Bonchev–Trinajstić information content (AvgIpc) is 2.37. The van der Waals surface area contributed by atoms with Gasteiger partial charge in [-0.15, -0.1) is 0 Å². The number of anilines is 1. The fourth-order valence-electron chi connectivity index (χ4n) is 1.62. The van der Waals surface area contributed by atoms with Crippen molar-refractivity contribution in [2.24, 2.45) is 0 Å². The molecule has 1 fully saturated rings. The smallest absolute Gasteiger partial charge is 0.350 e. The van der Waals surface area contributed by atoms with E-state index in [0.717, 1.165) is 12.3 Å². The van der Waals surface area contributed by atoms with E-state index in [1.165, 1.54) is 13.8 Å². The highest BCUT2D eigenvalue weighted by atomic mass is 79.9. The van der Waals surface area contributed by atoms with Crippen LogP contribution < -0.4 is 5.32 Å². The second kappa shape index (κ2) is 5.96. The van der Waals surface area contributed by atoms with Gasteiger partial charge < -0.3 is 14.8 Å². The zero-order valence-corrected chi connectivity index (χ0v) is 14.5. The summed E-state index contributed by atoms with van der Waals surface area (Å²) in [4.78, 5) is 23.4. The molecular formula is C13H9Br2F2NO4. The van der Waals surface area contributed by atoms with Crippen LogP contribution in [0.3, 0.4) is 0 Å². The highest BCUT2D eigenvalue weighted by Crippen LogP contribution is 2.34. The molecule has 0 bridgehead atoms. The lowest BCUT2D eigenvalue weighted by Crippen LogP contribution is -2.42. The number of nitrogens with one attached hydrogen (secondary N) is 1. The topological polar surface area (TPSA) is 64.6 Å². The van der Waals surface area contributed by atoms with E-state index in [9.17, 15) is 18.4 Å². The molecule has 1 aromatic rings. The molecule has 1 N–H and O–H groups in total. The molecule has 1 saturated heterocycles. The van der Waals surface area contributed by atoms with E-state index in [-0.39, 0.29) is 14.6 Å². The van der Waals surface area contributed by atoms with E-state index < -0.39 is 34.9 Å². The molecule has 5 nitrogen and oxygen atoms in total. The predicted octanol–water partition coefficient (Wildman–Crippen LogP) is 3.62. The van der Waals surface area contributed by atoms with Crippen molar-refractivity contribution in [2.45, 2.75) is 19.6 Å². The molecule has 1 heterocycles. The van der Waals surface area contributed by atoms with Gasteiger partial charge in [0.15, 0.2) is 11.4 Å². The Balaban J connectivity index is 2.32. The highest BCUT2D eigenvalue weighted by Gasteiger charge is 2.39. The van der Waals surface area contributed by atoms with E-state index in [1.54, 1.807) is 0 Å². The molecule has 1 aliphatic heterocycles. The summed E-state index contributed by atoms with van der Waals surface area (Å²) in [7, 11) is 0. The van der Waals surface area contributed by atoms with Crippen LogP contribution in [0.25, 0.3) is 0 Å². The van der Waals surface area contributed by atoms with Crippen LogP contribution in [-0.2, 0) is 19.1 Å². The molecule has 118 valence electrons. The Morgan fingerprint density at radius 1 is 1.18 bits per heavy atom. The van der Waals surface area contributed by atoms with Gasteiger partial charge in [0.1, 0.15) is 5.82 Å². The fraction of sp³-hybridized carbons (Fsp3) is 0.231. The largest absolute Gasteiger partial charge is 0.419 e. The minimum Gasteiger partial charge on any atom is -0.419 e. The number of benzene rings is 1. The highest BCUT2D eigenvalue weighted by molar-refractivity contribution is 9.11. The summed E-state index contributed by atoms with van der Waals surface area (Å²) in [6, 6.07) is 0.904. The molecule has 1 aliphatic rings. The number of hydrogen-bond donors (Lipinski definition) is 1. The summed E-state index contributed by atoms with van der Waals surface area (Å²) < 4.78 is 37.0. The summed E-state index contributed by atoms with van der Waals surface area (Å²) in [5.74, 6) is -4.76. The third kappa shape index (κ3) is 3.30. The number of rotatable bonds is 2. The first-order chi connectivity index (χ1) is 10.1. The van der Waals surface area contributed by atoms with Crippen molar-refractivity contribution in [1.29, 1.82) is 0 Å². The minimum absolute atomic E-state index is 0.0756. The fourth-order valence-corrected chi connectivity index (χ4v) is 2.80. The number of carbonyl (C=O) groups is 2. The first-order valence-electron chi connectivity index (χ1n) is 5.89. The zero-order chi connectivity index (χ0) is 16.7. The Labute approximate surface area is 140 Å². The van der Waals surface area contributed by atoms with Crippen molar-refractivity contribution in [3.63, 3.8) is 0 Å². The van der Waals surface area contributed by atoms with Crippen LogP contribution in [0.2, 0.25) is 0 Å².